The zero-order valence-electron chi connectivity index (χ0n) is 17.0. The van der Waals surface area contributed by atoms with Gasteiger partial charge in [0.15, 0.2) is 11.6 Å². The van der Waals surface area contributed by atoms with Gasteiger partial charge in [0.1, 0.15) is 17.3 Å². The zero-order chi connectivity index (χ0) is 22.3. The minimum absolute atomic E-state index is 0.0259. The summed E-state index contributed by atoms with van der Waals surface area (Å²) in [5, 5.41) is 0. The second-order valence-electron chi connectivity index (χ2n) is 7.64. The number of ether oxygens (including phenoxy) is 2. The lowest BCUT2D eigenvalue weighted by molar-refractivity contribution is 0.0882. The normalized spacial score (nSPS) is 22.1. The number of nitrogens with two attached hydrogens (primary N) is 2. The van der Waals surface area contributed by atoms with Crippen molar-refractivity contribution in [3.8, 4) is 11.5 Å². The zero-order valence-corrected chi connectivity index (χ0v) is 17.0. The van der Waals surface area contributed by atoms with Gasteiger partial charge in [-0.2, -0.15) is 0 Å². The molecule has 2 aliphatic carbocycles. The fraction of sp³-hybridized carbons (Fsp3) is 0.0769. The first-order chi connectivity index (χ1) is 15.5. The maximum absolute atomic E-state index is 13.5. The predicted molar refractivity (Wildman–Crippen MR) is 119 cm³/mol. The fourth-order valence-corrected chi connectivity index (χ4v) is 4.08. The highest BCUT2D eigenvalue weighted by Crippen LogP contribution is 2.40. The number of carbonyl (C=O) groups is 2. The van der Waals surface area contributed by atoms with Crippen molar-refractivity contribution < 1.29 is 19.1 Å². The van der Waals surface area contributed by atoms with E-state index in [1.165, 1.54) is 6.08 Å². The molecule has 32 heavy (non-hydrogen) atoms. The van der Waals surface area contributed by atoms with Crippen molar-refractivity contribution >= 4 is 11.6 Å². The summed E-state index contributed by atoms with van der Waals surface area (Å²) in [4.78, 5) is 27.0. The third-order valence-corrected chi connectivity index (χ3v) is 5.53. The maximum Gasteiger partial charge on any atom is 0.212 e. The molecule has 0 aromatic heterocycles. The Balaban J connectivity index is 1.67. The van der Waals surface area contributed by atoms with E-state index in [1.54, 1.807) is 60.7 Å². The van der Waals surface area contributed by atoms with Gasteiger partial charge in [0, 0.05) is 22.8 Å². The van der Waals surface area contributed by atoms with E-state index in [4.69, 9.17) is 20.9 Å². The van der Waals surface area contributed by atoms with Crippen LogP contribution in [0.25, 0.3) is 0 Å². The summed E-state index contributed by atoms with van der Waals surface area (Å²) >= 11 is 0. The average Bonchev–Trinajstić information content (AvgIpc) is 2.81. The van der Waals surface area contributed by atoms with E-state index in [9.17, 15) is 9.59 Å². The Morgan fingerprint density at radius 2 is 1.25 bits per heavy atom. The Bertz CT molecular complexity index is 1280. The first-order valence-corrected chi connectivity index (χ1v) is 10.2. The Labute approximate surface area is 184 Å². The Kier molecular flexibility index (Phi) is 4.74. The van der Waals surface area contributed by atoms with Crippen LogP contribution < -0.4 is 20.9 Å². The summed E-state index contributed by atoms with van der Waals surface area (Å²) in [6.07, 6.45) is 1.48. The molecule has 0 spiro atoms. The van der Waals surface area contributed by atoms with E-state index in [0.29, 0.717) is 11.5 Å². The van der Waals surface area contributed by atoms with Crippen LogP contribution in [0.15, 0.2) is 108 Å². The van der Waals surface area contributed by atoms with Crippen LogP contribution in [0.3, 0.4) is 0 Å². The number of Topliss-reactive ketones (excluding diaryl/α,β-unsaturated/α-hetero) is 2. The summed E-state index contributed by atoms with van der Waals surface area (Å²) in [7, 11) is 0. The molecule has 6 nitrogen and oxygen atoms in total. The molecule has 2 unspecified atom stereocenters. The summed E-state index contributed by atoms with van der Waals surface area (Å²) in [5.41, 5.74) is 12.1. The number of benzene rings is 3. The molecule has 0 saturated heterocycles. The molecular weight excluding hydrogens is 404 g/mol. The molecule has 0 fully saturated rings. The van der Waals surface area contributed by atoms with Crippen molar-refractivity contribution in [2.45, 2.75) is 11.8 Å². The lowest BCUT2D eigenvalue weighted by Gasteiger charge is -2.39. The number of para-hydroxylation sites is 2. The molecular formula is C26H20N2O4. The molecule has 0 heterocycles. The van der Waals surface area contributed by atoms with Crippen molar-refractivity contribution in [3.05, 3.63) is 119 Å². The van der Waals surface area contributed by atoms with Gasteiger partial charge in [-0.15, -0.1) is 0 Å². The first kappa shape index (κ1) is 19.9. The quantitative estimate of drug-likeness (QED) is 0.622. The van der Waals surface area contributed by atoms with Crippen molar-refractivity contribution in [3.63, 3.8) is 0 Å². The highest BCUT2D eigenvalue weighted by molar-refractivity contribution is 6.28. The molecule has 3 aromatic rings. The summed E-state index contributed by atoms with van der Waals surface area (Å²) in [5.74, 6) is 0.437. The van der Waals surface area contributed by atoms with Crippen molar-refractivity contribution in [2.75, 3.05) is 0 Å². The molecule has 158 valence electrons. The van der Waals surface area contributed by atoms with Gasteiger partial charge < -0.3 is 15.2 Å². The van der Waals surface area contributed by atoms with E-state index >= 15 is 0 Å². The van der Waals surface area contributed by atoms with Crippen LogP contribution in [0.1, 0.15) is 20.7 Å². The summed E-state index contributed by atoms with van der Waals surface area (Å²) < 4.78 is 12.1. The molecule has 0 aliphatic heterocycles. The van der Waals surface area contributed by atoms with Crippen LogP contribution in [-0.2, 0) is 0 Å². The third-order valence-electron chi connectivity index (χ3n) is 5.53. The number of carbonyl (C=O) groups excluding carboxylic acids is 2. The topological polar surface area (TPSA) is 105 Å². The number of rotatable bonds is 4. The van der Waals surface area contributed by atoms with Gasteiger partial charge in [-0.3, -0.25) is 15.3 Å². The Morgan fingerprint density at radius 3 is 1.88 bits per heavy atom. The van der Waals surface area contributed by atoms with Gasteiger partial charge in [-0.1, -0.05) is 60.7 Å². The summed E-state index contributed by atoms with van der Waals surface area (Å²) in [6, 6.07) is 23.5. The van der Waals surface area contributed by atoms with Crippen molar-refractivity contribution in [2.24, 2.45) is 11.5 Å². The summed E-state index contributed by atoms with van der Waals surface area (Å²) in [6.45, 7) is 0. The Morgan fingerprint density at radius 1 is 0.719 bits per heavy atom. The van der Waals surface area contributed by atoms with Crippen LogP contribution in [0.2, 0.25) is 0 Å². The molecule has 2 atom stereocenters. The highest BCUT2D eigenvalue weighted by atomic mass is 16.5. The van der Waals surface area contributed by atoms with E-state index in [-0.39, 0.29) is 39.6 Å². The molecule has 0 amide bonds. The SMILES string of the molecule is NC1C(Oc2ccccc2)=CC(N)(Oc2ccccc2)C2=C1C(=O)c1ccccc1C2=O. The smallest absolute Gasteiger partial charge is 0.212 e. The van der Waals surface area contributed by atoms with Crippen LogP contribution >= 0.6 is 0 Å². The minimum Gasteiger partial charge on any atom is -0.465 e. The van der Waals surface area contributed by atoms with Crippen LogP contribution in [0.5, 0.6) is 11.5 Å². The molecule has 5 rings (SSSR count). The van der Waals surface area contributed by atoms with Gasteiger partial charge in [0.2, 0.25) is 5.72 Å². The molecule has 0 radical (unpaired) electrons. The second kappa shape index (κ2) is 7.60. The maximum atomic E-state index is 13.5. The van der Waals surface area contributed by atoms with E-state index in [1.807, 2.05) is 24.3 Å². The van der Waals surface area contributed by atoms with Crippen LogP contribution in [0.4, 0.5) is 0 Å². The fourth-order valence-electron chi connectivity index (χ4n) is 4.08. The molecule has 0 bridgehead atoms. The molecule has 6 heteroatoms. The van der Waals surface area contributed by atoms with Crippen molar-refractivity contribution in [1.82, 2.24) is 0 Å². The average molecular weight is 424 g/mol. The number of hydrogen-bond acceptors (Lipinski definition) is 6. The number of ketones is 2. The van der Waals surface area contributed by atoms with Gasteiger partial charge in [0.25, 0.3) is 0 Å². The number of fused-ring (bicyclic) bond motifs is 1. The largest absolute Gasteiger partial charge is 0.465 e. The van der Waals surface area contributed by atoms with E-state index < -0.39 is 11.8 Å². The monoisotopic (exact) mass is 424 g/mol. The Hall–Kier alpha value is -4.00. The standard InChI is InChI=1S/C26H20N2O4/c27-23-20(31-16-9-3-1-4-10-16)15-26(28,32-17-11-5-2-6-12-17)22-21(23)24(29)18-13-7-8-14-19(18)25(22)30/h1-15,23H,27-28H2. The highest BCUT2D eigenvalue weighted by Gasteiger charge is 2.49. The van der Waals surface area contributed by atoms with Gasteiger partial charge in [0.05, 0.1) is 11.6 Å². The lowest BCUT2D eigenvalue weighted by atomic mass is 9.74. The van der Waals surface area contributed by atoms with Gasteiger partial charge >= 0.3 is 0 Å². The van der Waals surface area contributed by atoms with E-state index in [2.05, 4.69) is 0 Å². The minimum atomic E-state index is -1.75. The molecule has 3 aromatic carbocycles. The van der Waals surface area contributed by atoms with Gasteiger partial charge in [-0.25, -0.2) is 0 Å². The predicted octanol–water partition coefficient (Wildman–Crippen LogP) is 3.40. The van der Waals surface area contributed by atoms with Gasteiger partial charge in [-0.05, 0) is 24.3 Å². The number of hydrogen-bond donors (Lipinski definition) is 2. The van der Waals surface area contributed by atoms with Crippen LogP contribution in [0, 0.1) is 0 Å². The molecule has 2 aliphatic rings. The second-order valence-corrected chi connectivity index (χ2v) is 7.64. The first-order valence-electron chi connectivity index (χ1n) is 10.2. The molecule has 0 saturated carbocycles. The molecule has 4 N–H and O–H groups in total. The van der Waals surface area contributed by atoms with Crippen molar-refractivity contribution in [1.29, 1.82) is 0 Å². The lowest BCUT2D eigenvalue weighted by Crippen LogP contribution is -2.56. The van der Waals surface area contributed by atoms with Crippen LogP contribution in [-0.4, -0.2) is 23.3 Å². The van der Waals surface area contributed by atoms with E-state index in [0.717, 1.165) is 0 Å². The third kappa shape index (κ3) is 3.22.